The van der Waals surface area contributed by atoms with Crippen LogP contribution in [0.3, 0.4) is 0 Å². The van der Waals surface area contributed by atoms with Gasteiger partial charge in [-0.1, -0.05) is 18.2 Å². The molecule has 17 heavy (non-hydrogen) atoms. The number of aliphatic hydroxyl groups excluding tert-OH is 1. The zero-order valence-corrected chi connectivity index (χ0v) is 9.09. The summed E-state index contributed by atoms with van der Waals surface area (Å²) in [7, 11) is 0. The number of fused-ring (bicyclic) bond motifs is 1. The monoisotopic (exact) mass is 225 g/mol. The lowest BCUT2D eigenvalue weighted by molar-refractivity contribution is 0.435. The molecule has 0 unspecified atom stereocenters. The van der Waals surface area contributed by atoms with Crippen molar-refractivity contribution in [3.8, 4) is 0 Å². The molecule has 0 spiro atoms. The van der Waals surface area contributed by atoms with E-state index in [1.54, 1.807) is 6.08 Å². The summed E-state index contributed by atoms with van der Waals surface area (Å²) < 4.78 is 0. The van der Waals surface area contributed by atoms with Gasteiger partial charge in [-0.3, -0.25) is 0 Å². The van der Waals surface area contributed by atoms with Crippen LogP contribution in [-0.2, 0) is 0 Å². The van der Waals surface area contributed by atoms with Crippen molar-refractivity contribution in [2.24, 2.45) is 0 Å². The number of aromatic nitrogens is 3. The number of hydrogen-bond donors (Lipinski definition) is 2. The number of aliphatic hydroxyl groups is 1. The Labute approximate surface area is 98.0 Å². The molecular weight excluding hydrogens is 214 g/mol. The Bertz CT molecular complexity index is 649. The van der Waals surface area contributed by atoms with Gasteiger partial charge in [-0.2, -0.15) is 0 Å². The van der Waals surface area contributed by atoms with Gasteiger partial charge in [0, 0.05) is 17.2 Å². The van der Waals surface area contributed by atoms with E-state index in [9.17, 15) is 5.11 Å². The Kier molecular flexibility index (Phi) is 2.26. The summed E-state index contributed by atoms with van der Waals surface area (Å²) in [6, 6.07) is 3.84. The van der Waals surface area contributed by atoms with Crippen molar-refractivity contribution in [1.29, 1.82) is 0 Å². The second-order valence-corrected chi connectivity index (χ2v) is 3.85. The second kappa shape index (κ2) is 3.90. The summed E-state index contributed by atoms with van der Waals surface area (Å²) in [5.74, 6) is 0.225. The molecule has 4 nitrogen and oxygen atoms in total. The first-order valence-electron chi connectivity index (χ1n) is 5.42. The molecule has 0 saturated heterocycles. The van der Waals surface area contributed by atoms with E-state index in [0.29, 0.717) is 11.3 Å². The van der Waals surface area contributed by atoms with E-state index in [1.165, 1.54) is 0 Å². The fraction of sp³-hybridized carbons (Fsp3) is 0.0769. The van der Waals surface area contributed by atoms with E-state index in [4.69, 9.17) is 0 Å². The predicted octanol–water partition coefficient (Wildman–Crippen LogP) is 2.74. The van der Waals surface area contributed by atoms with E-state index in [2.05, 4.69) is 15.2 Å². The zero-order valence-electron chi connectivity index (χ0n) is 9.09. The molecule has 1 aliphatic carbocycles. The van der Waals surface area contributed by atoms with Crippen molar-refractivity contribution in [3.63, 3.8) is 0 Å². The summed E-state index contributed by atoms with van der Waals surface area (Å²) in [5.41, 5.74) is 2.13. The third-order valence-electron chi connectivity index (χ3n) is 2.69. The van der Waals surface area contributed by atoms with Gasteiger partial charge in [-0.25, -0.2) is 0 Å². The molecule has 0 bridgehead atoms. The van der Waals surface area contributed by atoms with Crippen LogP contribution in [0.2, 0.25) is 0 Å². The summed E-state index contributed by atoms with van der Waals surface area (Å²) in [5, 5.41) is 19.1. The molecule has 0 amide bonds. The number of H-pyrrole nitrogens is 1. The van der Waals surface area contributed by atoms with E-state index in [0.717, 1.165) is 17.5 Å². The van der Waals surface area contributed by atoms with Gasteiger partial charge in [0.2, 0.25) is 0 Å². The highest BCUT2D eigenvalue weighted by Gasteiger charge is 2.09. The molecule has 0 aliphatic heterocycles. The van der Waals surface area contributed by atoms with Crippen LogP contribution in [0.25, 0.3) is 16.6 Å². The number of allylic oxidation sites excluding steroid dienone is 5. The maximum Gasteiger partial charge on any atom is 0.159 e. The number of hydrogen-bond acceptors (Lipinski definition) is 3. The molecule has 0 radical (unpaired) electrons. The van der Waals surface area contributed by atoms with Crippen LogP contribution in [0.1, 0.15) is 12.1 Å². The van der Waals surface area contributed by atoms with Gasteiger partial charge >= 0.3 is 0 Å². The molecule has 0 aromatic carbocycles. The van der Waals surface area contributed by atoms with Crippen molar-refractivity contribution < 1.29 is 5.11 Å². The molecule has 1 aliphatic rings. The van der Waals surface area contributed by atoms with Crippen molar-refractivity contribution >= 4 is 16.6 Å². The minimum atomic E-state index is 0.225. The van der Waals surface area contributed by atoms with Crippen molar-refractivity contribution in [3.05, 3.63) is 54.1 Å². The third kappa shape index (κ3) is 1.73. The average Bonchev–Trinajstić information content (AvgIpc) is 2.70. The smallest absolute Gasteiger partial charge is 0.159 e. The van der Waals surface area contributed by atoms with Gasteiger partial charge in [0.05, 0.1) is 5.69 Å². The minimum absolute atomic E-state index is 0.225. The molecule has 4 heteroatoms. The van der Waals surface area contributed by atoms with Gasteiger partial charge < -0.3 is 10.1 Å². The van der Waals surface area contributed by atoms with Crippen LogP contribution >= 0.6 is 0 Å². The summed E-state index contributed by atoms with van der Waals surface area (Å²) in [6.45, 7) is 0. The van der Waals surface area contributed by atoms with Gasteiger partial charge in [0.15, 0.2) is 5.65 Å². The second-order valence-electron chi connectivity index (χ2n) is 3.85. The topological polar surface area (TPSA) is 61.8 Å². The van der Waals surface area contributed by atoms with Crippen LogP contribution in [-0.4, -0.2) is 20.3 Å². The Morgan fingerprint density at radius 2 is 2.06 bits per heavy atom. The number of rotatable bonds is 1. The molecule has 84 valence electrons. The van der Waals surface area contributed by atoms with Gasteiger partial charge in [-0.15, -0.1) is 10.2 Å². The Balaban J connectivity index is 2.16. The van der Waals surface area contributed by atoms with Crippen LogP contribution in [0.4, 0.5) is 0 Å². The molecule has 2 aromatic rings. The first-order chi connectivity index (χ1) is 8.34. The summed E-state index contributed by atoms with van der Waals surface area (Å²) >= 11 is 0. The highest BCUT2D eigenvalue weighted by Crippen LogP contribution is 2.22. The Hall–Kier alpha value is -2.36. The van der Waals surface area contributed by atoms with Crippen LogP contribution in [0.5, 0.6) is 0 Å². The first-order valence-corrected chi connectivity index (χ1v) is 5.42. The van der Waals surface area contributed by atoms with Crippen molar-refractivity contribution in [2.45, 2.75) is 6.42 Å². The molecule has 2 heterocycles. The molecule has 0 saturated carbocycles. The standard InChI is InChI=1S/C13H11N3O/c17-12-5-3-1-2-4-10(12)11-8-9-6-7-14-13(9)16-15-11/h2-8,17H,1H2,(H,14,16). The predicted molar refractivity (Wildman–Crippen MR) is 66.3 cm³/mol. The number of nitrogens with zero attached hydrogens (tertiary/aromatic N) is 2. The van der Waals surface area contributed by atoms with Crippen LogP contribution in [0.15, 0.2) is 48.4 Å². The van der Waals surface area contributed by atoms with E-state index in [1.807, 2.05) is 36.6 Å². The number of aromatic amines is 1. The fourth-order valence-electron chi connectivity index (χ4n) is 1.82. The van der Waals surface area contributed by atoms with Crippen LogP contribution in [0, 0.1) is 0 Å². The van der Waals surface area contributed by atoms with Gasteiger partial charge in [-0.05, 0) is 24.6 Å². The fourth-order valence-corrected chi connectivity index (χ4v) is 1.82. The Morgan fingerprint density at radius 1 is 1.18 bits per heavy atom. The maximum absolute atomic E-state index is 9.89. The van der Waals surface area contributed by atoms with Gasteiger partial charge in [0.25, 0.3) is 0 Å². The molecular formula is C13H11N3O. The average molecular weight is 225 g/mol. The lowest BCUT2D eigenvalue weighted by atomic mass is 10.1. The van der Waals surface area contributed by atoms with E-state index < -0.39 is 0 Å². The minimum Gasteiger partial charge on any atom is -0.507 e. The third-order valence-corrected chi connectivity index (χ3v) is 2.69. The molecule has 0 fully saturated rings. The highest BCUT2D eigenvalue weighted by molar-refractivity contribution is 5.82. The van der Waals surface area contributed by atoms with E-state index in [-0.39, 0.29) is 5.76 Å². The normalized spacial score (nSPS) is 15.5. The summed E-state index contributed by atoms with van der Waals surface area (Å²) in [6.07, 6.45) is 10.1. The maximum atomic E-state index is 9.89. The lowest BCUT2D eigenvalue weighted by Gasteiger charge is -2.02. The largest absolute Gasteiger partial charge is 0.507 e. The molecule has 2 N–H and O–H groups in total. The van der Waals surface area contributed by atoms with Crippen LogP contribution < -0.4 is 0 Å². The molecule has 3 rings (SSSR count). The van der Waals surface area contributed by atoms with E-state index >= 15 is 0 Å². The number of nitrogens with one attached hydrogen (secondary N) is 1. The summed E-state index contributed by atoms with van der Waals surface area (Å²) in [4.78, 5) is 2.99. The quantitative estimate of drug-likeness (QED) is 0.784. The zero-order chi connectivity index (χ0) is 11.7. The van der Waals surface area contributed by atoms with Gasteiger partial charge in [0.1, 0.15) is 5.76 Å². The SMILES string of the molecule is OC1=C(c2cc3cc[nH]c3nn2)C=CCC=C1. The lowest BCUT2D eigenvalue weighted by Crippen LogP contribution is -1.93. The Morgan fingerprint density at radius 3 is 3.00 bits per heavy atom. The molecule has 0 atom stereocenters. The molecule has 2 aromatic heterocycles. The first kappa shape index (κ1) is 9.84. The highest BCUT2D eigenvalue weighted by atomic mass is 16.3. The van der Waals surface area contributed by atoms with Crippen molar-refractivity contribution in [2.75, 3.05) is 0 Å². The van der Waals surface area contributed by atoms with Crippen molar-refractivity contribution in [1.82, 2.24) is 15.2 Å².